The van der Waals surface area contributed by atoms with Gasteiger partial charge in [-0.2, -0.15) is 0 Å². The van der Waals surface area contributed by atoms with Crippen LogP contribution in [0.15, 0.2) is 36.7 Å². The van der Waals surface area contributed by atoms with Gasteiger partial charge in [0.15, 0.2) is 11.5 Å². The van der Waals surface area contributed by atoms with E-state index in [0.29, 0.717) is 11.7 Å². The Balaban J connectivity index is 1.80. The molecule has 1 aliphatic rings. The van der Waals surface area contributed by atoms with Gasteiger partial charge in [0.05, 0.1) is 20.3 Å². The van der Waals surface area contributed by atoms with Gasteiger partial charge in [-0.25, -0.2) is 0 Å². The highest BCUT2D eigenvalue weighted by Gasteiger charge is 2.29. The topological polar surface area (TPSA) is 52.5 Å². The third kappa shape index (κ3) is 3.71. The van der Waals surface area contributed by atoms with Gasteiger partial charge in [-0.1, -0.05) is 13.8 Å². The van der Waals surface area contributed by atoms with Crippen LogP contribution in [-0.2, 0) is 11.2 Å². The molecule has 0 saturated carbocycles. The van der Waals surface area contributed by atoms with Crippen molar-refractivity contribution in [2.24, 2.45) is 5.92 Å². The number of hydrogen-bond acceptors (Lipinski definition) is 3. The zero-order chi connectivity index (χ0) is 18.7. The SMILES string of the molecule is COc1cc2c(cc1OC)[C@H](NC(=O)[C@@H](CC(C)C)n1cccc1)CC2. The molecule has 5 heteroatoms. The summed E-state index contributed by atoms with van der Waals surface area (Å²) < 4.78 is 12.8. The van der Waals surface area contributed by atoms with E-state index in [4.69, 9.17) is 9.47 Å². The number of nitrogens with zero attached hydrogens (tertiary/aromatic N) is 1. The molecule has 3 rings (SSSR count). The molecule has 0 unspecified atom stereocenters. The average molecular weight is 356 g/mol. The maximum Gasteiger partial charge on any atom is 0.243 e. The summed E-state index contributed by atoms with van der Waals surface area (Å²) in [7, 11) is 3.28. The van der Waals surface area contributed by atoms with Crippen LogP contribution in [0.5, 0.6) is 11.5 Å². The zero-order valence-electron chi connectivity index (χ0n) is 16.0. The highest BCUT2D eigenvalue weighted by atomic mass is 16.5. The number of rotatable bonds is 7. The molecule has 0 bridgehead atoms. The first-order valence-corrected chi connectivity index (χ1v) is 9.21. The van der Waals surface area contributed by atoms with Crippen LogP contribution in [0.25, 0.3) is 0 Å². The summed E-state index contributed by atoms with van der Waals surface area (Å²) in [5.74, 6) is 1.95. The largest absolute Gasteiger partial charge is 0.493 e. The van der Waals surface area contributed by atoms with Gasteiger partial charge in [0.25, 0.3) is 0 Å². The summed E-state index contributed by atoms with van der Waals surface area (Å²) >= 11 is 0. The van der Waals surface area contributed by atoms with E-state index < -0.39 is 0 Å². The van der Waals surface area contributed by atoms with Crippen molar-refractivity contribution in [3.05, 3.63) is 47.8 Å². The predicted octanol–water partition coefficient (Wildman–Crippen LogP) is 3.90. The summed E-state index contributed by atoms with van der Waals surface area (Å²) in [6.45, 7) is 4.29. The molecule has 1 aromatic carbocycles. The first-order chi connectivity index (χ1) is 12.5. The number of carbonyl (C=O) groups is 1. The molecule has 1 aromatic heterocycles. The average Bonchev–Trinajstić information content (AvgIpc) is 3.28. The lowest BCUT2D eigenvalue weighted by Crippen LogP contribution is -2.35. The van der Waals surface area contributed by atoms with E-state index in [-0.39, 0.29) is 18.0 Å². The molecule has 2 atom stereocenters. The number of benzene rings is 1. The van der Waals surface area contributed by atoms with Gasteiger partial charge in [-0.15, -0.1) is 0 Å². The maximum absolute atomic E-state index is 13.0. The molecule has 2 aromatic rings. The van der Waals surface area contributed by atoms with Crippen LogP contribution in [-0.4, -0.2) is 24.7 Å². The first kappa shape index (κ1) is 18.4. The Bertz CT molecular complexity index is 753. The second kappa shape index (κ2) is 7.85. The van der Waals surface area contributed by atoms with E-state index in [9.17, 15) is 4.79 Å². The van der Waals surface area contributed by atoms with Crippen LogP contribution in [0.4, 0.5) is 0 Å². The fraction of sp³-hybridized carbons (Fsp3) is 0.476. The molecule has 1 aliphatic carbocycles. The highest BCUT2D eigenvalue weighted by molar-refractivity contribution is 5.81. The molecule has 0 spiro atoms. The Hall–Kier alpha value is -2.43. The molecule has 140 valence electrons. The van der Waals surface area contributed by atoms with Gasteiger partial charge in [-0.3, -0.25) is 4.79 Å². The van der Waals surface area contributed by atoms with Crippen molar-refractivity contribution in [2.45, 2.75) is 45.2 Å². The lowest BCUT2D eigenvalue weighted by atomic mass is 10.0. The lowest BCUT2D eigenvalue weighted by molar-refractivity contribution is -0.125. The van der Waals surface area contributed by atoms with Gasteiger partial charge >= 0.3 is 0 Å². The number of hydrogen-bond donors (Lipinski definition) is 1. The fourth-order valence-electron chi connectivity index (χ4n) is 3.72. The molecule has 0 radical (unpaired) electrons. The van der Waals surface area contributed by atoms with Crippen LogP contribution in [0.1, 0.15) is 49.9 Å². The normalized spacial score (nSPS) is 17.0. The fourth-order valence-corrected chi connectivity index (χ4v) is 3.72. The van der Waals surface area contributed by atoms with Crippen molar-refractivity contribution in [3.8, 4) is 11.5 Å². The van der Waals surface area contributed by atoms with E-state index in [1.54, 1.807) is 14.2 Å². The Labute approximate surface area is 155 Å². The summed E-state index contributed by atoms with van der Waals surface area (Å²) in [6.07, 6.45) is 6.56. The molecule has 0 saturated heterocycles. The number of nitrogens with one attached hydrogen (secondary N) is 1. The smallest absolute Gasteiger partial charge is 0.243 e. The van der Waals surface area contributed by atoms with Crippen molar-refractivity contribution < 1.29 is 14.3 Å². The van der Waals surface area contributed by atoms with Crippen molar-refractivity contribution in [1.82, 2.24) is 9.88 Å². The van der Waals surface area contributed by atoms with Crippen molar-refractivity contribution >= 4 is 5.91 Å². The molecule has 0 fully saturated rings. The Morgan fingerprint density at radius 2 is 1.85 bits per heavy atom. The number of methoxy groups -OCH3 is 2. The summed E-state index contributed by atoms with van der Waals surface area (Å²) in [5, 5.41) is 3.26. The second-order valence-electron chi connectivity index (χ2n) is 7.28. The monoisotopic (exact) mass is 356 g/mol. The van der Waals surface area contributed by atoms with Crippen LogP contribution < -0.4 is 14.8 Å². The Morgan fingerprint density at radius 1 is 1.19 bits per heavy atom. The minimum Gasteiger partial charge on any atom is -0.493 e. The second-order valence-corrected chi connectivity index (χ2v) is 7.28. The molecular formula is C21H28N2O3. The predicted molar refractivity (Wildman–Crippen MR) is 102 cm³/mol. The van der Waals surface area contributed by atoms with Crippen molar-refractivity contribution in [2.75, 3.05) is 14.2 Å². The number of aromatic nitrogens is 1. The van der Waals surface area contributed by atoms with E-state index in [2.05, 4.69) is 19.2 Å². The Morgan fingerprint density at radius 3 is 2.46 bits per heavy atom. The van der Waals surface area contributed by atoms with Crippen molar-refractivity contribution in [3.63, 3.8) is 0 Å². The number of aryl methyl sites for hydroxylation is 1. The molecule has 0 aliphatic heterocycles. The third-order valence-electron chi connectivity index (χ3n) is 5.02. The van der Waals surface area contributed by atoms with Crippen molar-refractivity contribution in [1.29, 1.82) is 0 Å². The molecule has 1 heterocycles. The zero-order valence-corrected chi connectivity index (χ0v) is 16.0. The summed E-state index contributed by atoms with van der Waals surface area (Å²) in [6, 6.07) is 7.78. The van der Waals surface area contributed by atoms with Gasteiger partial charge in [-0.05, 0) is 60.6 Å². The van der Waals surface area contributed by atoms with Gasteiger partial charge in [0.2, 0.25) is 5.91 Å². The van der Waals surface area contributed by atoms with Crippen LogP contribution in [0.3, 0.4) is 0 Å². The van der Waals surface area contributed by atoms with Crippen LogP contribution >= 0.6 is 0 Å². The van der Waals surface area contributed by atoms with Gasteiger partial charge < -0.3 is 19.4 Å². The van der Waals surface area contributed by atoms with Gasteiger partial charge in [0, 0.05) is 12.4 Å². The molecule has 1 N–H and O–H groups in total. The third-order valence-corrected chi connectivity index (χ3v) is 5.02. The van der Waals surface area contributed by atoms with E-state index in [1.807, 2.05) is 41.2 Å². The molecule has 1 amide bonds. The number of carbonyl (C=O) groups excluding carboxylic acids is 1. The molecular weight excluding hydrogens is 328 g/mol. The van der Waals surface area contributed by atoms with E-state index in [0.717, 1.165) is 30.6 Å². The molecule has 26 heavy (non-hydrogen) atoms. The number of amides is 1. The minimum absolute atomic E-state index is 0.0162. The minimum atomic E-state index is -0.186. The van der Waals surface area contributed by atoms with Gasteiger partial charge in [0.1, 0.15) is 6.04 Å². The first-order valence-electron chi connectivity index (χ1n) is 9.21. The number of ether oxygens (including phenoxy) is 2. The summed E-state index contributed by atoms with van der Waals surface area (Å²) in [4.78, 5) is 13.0. The quantitative estimate of drug-likeness (QED) is 0.819. The summed E-state index contributed by atoms with van der Waals surface area (Å²) in [5.41, 5.74) is 2.35. The standard InChI is InChI=1S/C21H28N2O3/c1-14(2)11-18(23-9-5-6-10-23)21(24)22-17-8-7-15-12-19(25-3)20(26-4)13-16(15)17/h5-6,9-10,12-14,17-18H,7-8,11H2,1-4H3,(H,22,24)/t17-,18-/m1/s1. The van der Waals surface area contributed by atoms with E-state index in [1.165, 1.54) is 5.56 Å². The highest BCUT2D eigenvalue weighted by Crippen LogP contribution is 2.39. The van der Waals surface area contributed by atoms with Crippen LogP contribution in [0.2, 0.25) is 0 Å². The van der Waals surface area contributed by atoms with E-state index >= 15 is 0 Å². The Kier molecular flexibility index (Phi) is 5.55. The lowest BCUT2D eigenvalue weighted by Gasteiger charge is -2.23. The maximum atomic E-state index is 13.0. The van der Waals surface area contributed by atoms with Crippen LogP contribution in [0, 0.1) is 5.92 Å². The number of fused-ring (bicyclic) bond motifs is 1. The molecule has 5 nitrogen and oxygen atoms in total.